The van der Waals surface area contributed by atoms with Crippen LogP contribution >= 0.6 is 11.3 Å². The fourth-order valence-corrected chi connectivity index (χ4v) is 3.67. The van der Waals surface area contributed by atoms with E-state index in [0.29, 0.717) is 0 Å². The van der Waals surface area contributed by atoms with E-state index in [-0.39, 0.29) is 12.0 Å². The maximum absolute atomic E-state index is 12.1. The number of thiophene rings is 1. The summed E-state index contributed by atoms with van der Waals surface area (Å²) in [7, 11) is -3.87. The van der Waals surface area contributed by atoms with Crippen LogP contribution in [-0.4, -0.2) is 26.0 Å². The van der Waals surface area contributed by atoms with E-state index < -0.39 is 26.8 Å². The third-order valence-corrected chi connectivity index (χ3v) is 5.46. The lowest BCUT2D eigenvalue weighted by Gasteiger charge is -2.23. The van der Waals surface area contributed by atoms with Crippen molar-refractivity contribution in [2.24, 2.45) is 0 Å². The van der Waals surface area contributed by atoms with Crippen LogP contribution in [0.25, 0.3) is 0 Å². The van der Waals surface area contributed by atoms with E-state index in [4.69, 9.17) is 9.52 Å². The van der Waals surface area contributed by atoms with Gasteiger partial charge in [0.15, 0.2) is 0 Å². The summed E-state index contributed by atoms with van der Waals surface area (Å²) in [5.41, 5.74) is -0.372. The van der Waals surface area contributed by atoms with Gasteiger partial charge in [-0.25, -0.2) is 17.9 Å². The Morgan fingerprint density at radius 1 is 1.38 bits per heavy atom. The summed E-state index contributed by atoms with van der Waals surface area (Å²) < 4.78 is 31.4. The first-order valence-electron chi connectivity index (χ1n) is 6.09. The molecule has 21 heavy (non-hydrogen) atoms. The Morgan fingerprint density at radius 2 is 2.10 bits per heavy atom. The van der Waals surface area contributed by atoms with Gasteiger partial charge in [-0.1, -0.05) is 19.9 Å². The molecule has 0 saturated heterocycles. The summed E-state index contributed by atoms with van der Waals surface area (Å²) in [5, 5.41) is 10.3. The van der Waals surface area contributed by atoms with Crippen LogP contribution in [0.1, 0.15) is 29.3 Å². The summed E-state index contributed by atoms with van der Waals surface area (Å²) in [4.78, 5) is 11.8. The molecule has 6 nitrogen and oxygen atoms in total. The van der Waals surface area contributed by atoms with E-state index >= 15 is 0 Å². The smallest absolute Gasteiger partial charge is 0.371 e. The molecule has 0 spiro atoms. The molecule has 0 radical (unpaired) electrons. The molecule has 2 aromatic rings. The number of aromatic carboxylic acids is 1. The second kappa shape index (κ2) is 5.63. The molecule has 0 aliphatic rings. The SMILES string of the molecule is CC(C)(CNS(=O)(=O)c1ccc(C(=O)O)o1)c1cccs1. The number of carboxylic acid groups (broad SMARTS) is 1. The van der Waals surface area contributed by atoms with Crippen LogP contribution in [0, 0.1) is 0 Å². The Morgan fingerprint density at radius 3 is 2.62 bits per heavy atom. The number of furan rings is 1. The highest BCUT2D eigenvalue weighted by Gasteiger charge is 2.27. The largest absolute Gasteiger partial charge is 0.475 e. The fourth-order valence-electron chi connectivity index (χ4n) is 1.68. The van der Waals surface area contributed by atoms with Crippen LogP contribution in [-0.2, 0) is 15.4 Å². The van der Waals surface area contributed by atoms with Gasteiger partial charge in [0.25, 0.3) is 10.0 Å². The van der Waals surface area contributed by atoms with Gasteiger partial charge in [0.05, 0.1) is 0 Å². The molecule has 2 N–H and O–H groups in total. The Bertz CT molecular complexity index is 728. The Labute approximate surface area is 126 Å². The molecular weight excluding hydrogens is 314 g/mol. The van der Waals surface area contributed by atoms with Gasteiger partial charge in [-0.15, -0.1) is 11.3 Å². The minimum absolute atomic E-state index is 0.180. The second-order valence-electron chi connectivity index (χ2n) is 5.11. The van der Waals surface area contributed by atoms with Crippen molar-refractivity contribution in [1.29, 1.82) is 0 Å². The van der Waals surface area contributed by atoms with Crippen molar-refractivity contribution in [3.05, 3.63) is 40.3 Å². The zero-order chi connectivity index (χ0) is 15.7. The van der Waals surface area contributed by atoms with Gasteiger partial charge in [-0.3, -0.25) is 0 Å². The third-order valence-electron chi connectivity index (χ3n) is 2.95. The highest BCUT2D eigenvalue weighted by Crippen LogP contribution is 2.27. The van der Waals surface area contributed by atoms with Gasteiger partial charge in [0.1, 0.15) is 0 Å². The Kier molecular flexibility index (Phi) is 4.22. The number of sulfonamides is 1. The van der Waals surface area contributed by atoms with E-state index in [2.05, 4.69) is 4.72 Å². The molecule has 0 aliphatic heterocycles. The Hall–Kier alpha value is -1.64. The standard InChI is InChI=1S/C13H15NO5S2/c1-13(2,10-4-3-7-20-10)8-14-21(17,18)11-6-5-9(19-11)12(15)16/h3-7,14H,8H2,1-2H3,(H,15,16). The summed E-state index contributed by atoms with van der Waals surface area (Å²) in [5.74, 6) is -1.72. The quantitative estimate of drug-likeness (QED) is 0.847. The van der Waals surface area contributed by atoms with E-state index in [1.54, 1.807) is 11.3 Å². The van der Waals surface area contributed by atoms with Crippen molar-refractivity contribution < 1.29 is 22.7 Å². The predicted octanol–water partition coefficient (Wildman–Crippen LogP) is 2.30. The second-order valence-corrected chi connectivity index (χ2v) is 7.76. The summed E-state index contributed by atoms with van der Waals surface area (Å²) in [6, 6.07) is 6.08. The molecule has 0 unspecified atom stereocenters. The average molecular weight is 329 g/mol. The van der Waals surface area contributed by atoms with E-state index in [0.717, 1.165) is 17.0 Å². The summed E-state index contributed by atoms with van der Waals surface area (Å²) in [6.45, 7) is 4.03. The molecule has 0 aromatic carbocycles. The van der Waals surface area contributed by atoms with Crippen LogP contribution in [0.2, 0.25) is 0 Å². The average Bonchev–Trinajstić information content (AvgIpc) is 3.07. The molecule has 0 amide bonds. The van der Waals surface area contributed by atoms with Gasteiger partial charge in [-0.05, 0) is 23.6 Å². The van der Waals surface area contributed by atoms with E-state index in [1.807, 2.05) is 31.4 Å². The van der Waals surface area contributed by atoms with Crippen molar-refractivity contribution in [1.82, 2.24) is 4.72 Å². The highest BCUT2D eigenvalue weighted by molar-refractivity contribution is 7.89. The molecule has 0 aliphatic carbocycles. The summed E-state index contributed by atoms with van der Waals surface area (Å²) in [6.07, 6.45) is 0. The molecule has 2 aromatic heterocycles. The lowest BCUT2D eigenvalue weighted by molar-refractivity contribution is 0.0656. The first-order chi connectivity index (χ1) is 9.72. The highest BCUT2D eigenvalue weighted by atomic mass is 32.2. The Balaban J connectivity index is 2.12. The topological polar surface area (TPSA) is 96.6 Å². The number of rotatable bonds is 6. The number of hydrogen-bond donors (Lipinski definition) is 2. The number of carbonyl (C=O) groups is 1. The van der Waals surface area contributed by atoms with Crippen molar-refractivity contribution in [2.75, 3.05) is 6.54 Å². The lowest BCUT2D eigenvalue weighted by atomic mass is 9.92. The molecule has 114 valence electrons. The fraction of sp³-hybridized carbons (Fsp3) is 0.308. The maximum atomic E-state index is 12.1. The number of nitrogens with one attached hydrogen (secondary N) is 1. The third kappa shape index (κ3) is 3.52. The van der Waals surface area contributed by atoms with Gasteiger partial charge < -0.3 is 9.52 Å². The van der Waals surface area contributed by atoms with E-state index in [9.17, 15) is 13.2 Å². The van der Waals surface area contributed by atoms with Crippen LogP contribution in [0.15, 0.2) is 39.2 Å². The van der Waals surface area contributed by atoms with Gasteiger partial charge in [0, 0.05) is 16.8 Å². The molecule has 2 rings (SSSR count). The van der Waals surface area contributed by atoms with Gasteiger partial charge >= 0.3 is 5.97 Å². The van der Waals surface area contributed by atoms with Crippen LogP contribution < -0.4 is 4.72 Å². The molecule has 2 heterocycles. The minimum atomic E-state index is -3.87. The lowest BCUT2D eigenvalue weighted by Crippen LogP contribution is -2.36. The number of hydrogen-bond acceptors (Lipinski definition) is 5. The van der Waals surface area contributed by atoms with Crippen molar-refractivity contribution in [2.45, 2.75) is 24.4 Å². The zero-order valence-electron chi connectivity index (χ0n) is 11.5. The van der Waals surface area contributed by atoms with Crippen LogP contribution in [0.3, 0.4) is 0 Å². The predicted molar refractivity (Wildman–Crippen MR) is 78.2 cm³/mol. The van der Waals surface area contributed by atoms with E-state index in [1.165, 1.54) is 0 Å². The number of carboxylic acids is 1. The van der Waals surface area contributed by atoms with Gasteiger partial charge in [0.2, 0.25) is 10.9 Å². The normalized spacial score (nSPS) is 12.5. The first-order valence-corrected chi connectivity index (χ1v) is 8.45. The summed E-state index contributed by atoms with van der Waals surface area (Å²) >= 11 is 1.55. The molecule has 0 fully saturated rings. The van der Waals surface area contributed by atoms with Crippen molar-refractivity contribution >= 4 is 27.3 Å². The zero-order valence-corrected chi connectivity index (χ0v) is 13.1. The maximum Gasteiger partial charge on any atom is 0.371 e. The van der Waals surface area contributed by atoms with Gasteiger partial charge in [-0.2, -0.15) is 0 Å². The molecular formula is C13H15NO5S2. The molecule has 0 saturated carbocycles. The van der Waals surface area contributed by atoms with Crippen LogP contribution in [0.5, 0.6) is 0 Å². The van der Waals surface area contributed by atoms with Crippen LogP contribution in [0.4, 0.5) is 0 Å². The molecule has 0 atom stereocenters. The molecule has 0 bridgehead atoms. The minimum Gasteiger partial charge on any atom is -0.475 e. The monoisotopic (exact) mass is 329 g/mol. The first kappa shape index (κ1) is 15.7. The van der Waals surface area contributed by atoms with Crippen molar-refractivity contribution in [3.63, 3.8) is 0 Å². The van der Waals surface area contributed by atoms with Crippen molar-refractivity contribution in [3.8, 4) is 0 Å². The molecule has 8 heteroatoms.